The third-order valence-electron chi connectivity index (χ3n) is 10.0. The summed E-state index contributed by atoms with van der Waals surface area (Å²) in [5, 5.41) is 5.08. The van der Waals surface area contributed by atoms with Gasteiger partial charge in [0.2, 0.25) is 0 Å². The van der Waals surface area contributed by atoms with Gasteiger partial charge < -0.3 is 9.13 Å². The Hall–Kier alpha value is -5.80. The van der Waals surface area contributed by atoms with E-state index in [4.69, 9.17) is 0 Å². The number of rotatable bonds is 4. The molecule has 0 aliphatic carbocycles. The van der Waals surface area contributed by atoms with Gasteiger partial charge >= 0.3 is 0 Å². The maximum Gasteiger partial charge on any atom is 0.139 e. The minimum absolute atomic E-state index is 1.18. The van der Waals surface area contributed by atoms with Crippen LogP contribution in [0.2, 0.25) is 0 Å². The van der Waals surface area contributed by atoms with Crippen LogP contribution in [0.4, 0.5) is 0 Å². The SMILES string of the molecule is Bc1cc(-n2c3ccccc3c3c(-c4ccc5c(c4)c4ccccc4n5-c4ccccc4)cccc32)cc(-c2ccccc2C)c1C. The van der Waals surface area contributed by atoms with E-state index in [1.54, 1.807) is 0 Å². The Labute approximate surface area is 275 Å². The Balaban J connectivity index is 1.31. The van der Waals surface area contributed by atoms with Crippen LogP contribution < -0.4 is 5.46 Å². The summed E-state index contributed by atoms with van der Waals surface area (Å²) in [6.45, 7) is 4.45. The van der Waals surface area contributed by atoms with Gasteiger partial charge in [-0.2, -0.15) is 0 Å². The molecular weight excluding hydrogens is 567 g/mol. The average molecular weight is 601 g/mol. The largest absolute Gasteiger partial charge is 0.309 e. The maximum atomic E-state index is 2.46. The molecule has 0 aliphatic heterocycles. The van der Waals surface area contributed by atoms with Crippen molar-refractivity contribution < 1.29 is 0 Å². The van der Waals surface area contributed by atoms with Gasteiger partial charge in [0.1, 0.15) is 7.85 Å². The number of aryl methyl sites for hydroxylation is 1. The molecule has 222 valence electrons. The summed E-state index contributed by atoms with van der Waals surface area (Å²) in [6, 6.07) is 55.5. The van der Waals surface area contributed by atoms with Crippen molar-refractivity contribution in [2.75, 3.05) is 0 Å². The molecule has 47 heavy (non-hydrogen) atoms. The lowest BCUT2D eigenvalue weighted by Crippen LogP contribution is -2.11. The molecule has 0 fully saturated rings. The molecule has 0 unspecified atom stereocenters. The van der Waals surface area contributed by atoms with Crippen LogP contribution in [0.3, 0.4) is 0 Å². The molecule has 0 N–H and O–H groups in total. The van der Waals surface area contributed by atoms with Crippen LogP contribution in [0.15, 0.2) is 152 Å². The molecular formula is C44H33BN2. The molecule has 0 aliphatic rings. The fourth-order valence-corrected chi connectivity index (χ4v) is 7.66. The highest BCUT2D eigenvalue weighted by Gasteiger charge is 2.19. The van der Waals surface area contributed by atoms with Crippen molar-refractivity contribution in [1.29, 1.82) is 0 Å². The molecule has 3 heteroatoms. The Kier molecular flexibility index (Phi) is 6.23. The van der Waals surface area contributed by atoms with Gasteiger partial charge in [-0.25, -0.2) is 0 Å². The first kappa shape index (κ1) is 27.5. The number of hydrogen-bond acceptors (Lipinski definition) is 0. The lowest BCUT2D eigenvalue weighted by atomic mass is 9.84. The van der Waals surface area contributed by atoms with E-state index >= 15 is 0 Å². The fourth-order valence-electron chi connectivity index (χ4n) is 7.66. The second-order valence-corrected chi connectivity index (χ2v) is 12.7. The van der Waals surface area contributed by atoms with E-state index in [2.05, 4.69) is 182 Å². The number of fused-ring (bicyclic) bond motifs is 6. The first-order valence-corrected chi connectivity index (χ1v) is 16.4. The predicted molar refractivity (Wildman–Crippen MR) is 204 cm³/mol. The normalized spacial score (nSPS) is 11.7. The molecule has 9 aromatic rings. The van der Waals surface area contributed by atoms with E-state index in [1.807, 2.05) is 0 Å². The highest BCUT2D eigenvalue weighted by molar-refractivity contribution is 6.34. The van der Waals surface area contributed by atoms with Gasteiger partial charge in [-0.1, -0.05) is 103 Å². The van der Waals surface area contributed by atoms with Crippen LogP contribution in [-0.2, 0) is 0 Å². The molecule has 2 heterocycles. The second-order valence-electron chi connectivity index (χ2n) is 12.7. The third-order valence-corrected chi connectivity index (χ3v) is 10.0. The van der Waals surface area contributed by atoms with E-state index in [0.717, 1.165) is 0 Å². The number of para-hydroxylation sites is 3. The second kappa shape index (κ2) is 10.6. The molecule has 0 radical (unpaired) electrons. The van der Waals surface area contributed by atoms with Gasteiger partial charge in [0, 0.05) is 32.9 Å². The van der Waals surface area contributed by atoms with E-state index in [9.17, 15) is 0 Å². The van der Waals surface area contributed by atoms with Crippen LogP contribution in [0.1, 0.15) is 11.1 Å². The zero-order valence-corrected chi connectivity index (χ0v) is 26.8. The van der Waals surface area contributed by atoms with E-state index in [1.165, 1.54) is 93.8 Å². The summed E-state index contributed by atoms with van der Waals surface area (Å²) < 4.78 is 4.84. The molecule has 7 aromatic carbocycles. The summed E-state index contributed by atoms with van der Waals surface area (Å²) in [5.74, 6) is 0. The lowest BCUT2D eigenvalue weighted by molar-refractivity contribution is 1.18. The molecule has 0 saturated carbocycles. The van der Waals surface area contributed by atoms with Gasteiger partial charge in [-0.05, 0) is 102 Å². The van der Waals surface area contributed by atoms with Crippen molar-refractivity contribution in [2.24, 2.45) is 0 Å². The summed E-state index contributed by atoms with van der Waals surface area (Å²) in [4.78, 5) is 0. The highest BCUT2D eigenvalue weighted by Crippen LogP contribution is 2.41. The van der Waals surface area contributed by atoms with Crippen molar-refractivity contribution >= 4 is 56.9 Å². The van der Waals surface area contributed by atoms with E-state index < -0.39 is 0 Å². The Morgan fingerprint density at radius 2 is 1.04 bits per heavy atom. The van der Waals surface area contributed by atoms with Crippen molar-refractivity contribution in [3.8, 4) is 33.6 Å². The molecule has 2 aromatic heterocycles. The zero-order chi connectivity index (χ0) is 31.6. The molecule has 2 nitrogen and oxygen atoms in total. The van der Waals surface area contributed by atoms with Gasteiger partial charge in [-0.15, -0.1) is 0 Å². The van der Waals surface area contributed by atoms with E-state index in [0.29, 0.717) is 0 Å². The van der Waals surface area contributed by atoms with Gasteiger partial charge in [0.25, 0.3) is 0 Å². The Bertz CT molecular complexity index is 2660. The summed E-state index contributed by atoms with van der Waals surface area (Å²) >= 11 is 0. The Morgan fingerprint density at radius 1 is 0.426 bits per heavy atom. The van der Waals surface area contributed by atoms with Crippen molar-refractivity contribution in [3.05, 3.63) is 163 Å². The minimum Gasteiger partial charge on any atom is -0.309 e. The van der Waals surface area contributed by atoms with Gasteiger partial charge in [-0.3, -0.25) is 0 Å². The first-order chi connectivity index (χ1) is 23.1. The third kappa shape index (κ3) is 4.20. The topological polar surface area (TPSA) is 9.86 Å². The minimum atomic E-state index is 1.18. The smallest absolute Gasteiger partial charge is 0.139 e. The average Bonchev–Trinajstić information content (AvgIpc) is 3.63. The van der Waals surface area contributed by atoms with Crippen molar-refractivity contribution in [1.82, 2.24) is 9.13 Å². The van der Waals surface area contributed by atoms with Crippen molar-refractivity contribution in [3.63, 3.8) is 0 Å². The van der Waals surface area contributed by atoms with Crippen LogP contribution in [0, 0.1) is 13.8 Å². The number of benzene rings is 7. The highest BCUT2D eigenvalue weighted by atomic mass is 15.0. The summed E-state index contributed by atoms with van der Waals surface area (Å²) in [7, 11) is 2.24. The van der Waals surface area contributed by atoms with Crippen molar-refractivity contribution in [2.45, 2.75) is 13.8 Å². The lowest BCUT2D eigenvalue weighted by Gasteiger charge is -2.17. The molecule has 0 spiro atoms. The van der Waals surface area contributed by atoms with Crippen LogP contribution in [0.25, 0.3) is 77.2 Å². The maximum absolute atomic E-state index is 2.46. The number of aromatic nitrogens is 2. The standard InChI is InChI=1S/C44H33BN2/c1-28-13-6-7-16-33(28)37-26-32(27-39(45)29(37)2)47-41-21-11-9-18-36(41)44-34(19-12-22-43(44)47)30-23-24-42-38(25-30)35-17-8-10-20-40(35)46(42)31-14-4-3-5-15-31/h3-27H,45H2,1-2H3. The van der Waals surface area contributed by atoms with Crippen LogP contribution in [0.5, 0.6) is 0 Å². The number of nitrogens with zero attached hydrogens (tertiary/aromatic N) is 2. The summed E-state index contributed by atoms with van der Waals surface area (Å²) in [5.41, 5.74) is 16.2. The molecule has 9 rings (SSSR count). The molecule has 0 atom stereocenters. The fraction of sp³-hybridized carbons (Fsp3) is 0.0455. The Morgan fingerprint density at radius 3 is 1.85 bits per heavy atom. The predicted octanol–water partition coefficient (Wildman–Crippen LogP) is 10.1. The molecule has 0 saturated heterocycles. The monoisotopic (exact) mass is 600 g/mol. The quantitative estimate of drug-likeness (QED) is 0.178. The van der Waals surface area contributed by atoms with Gasteiger partial charge in [0.15, 0.2) is 0 Å². The van der Waals surface area contributed by atoms with Crippen LogP contribution in [-0.4, -0.2) is 17.0 Å². The van der Waals surface area contributed by atoms with Crippen LogP contribution >= 0.6 is 0 Å². The van der Waals surface area contributed by atoms with E-state index in [-0.39, 0.29) is 0 Å². The summed E-state index contributed by atoms with van der Waals surface area (Å²) in [6.07, 6.45) is 0. The first-order valence-electron chi connectivity index (χ1n) is 16.4. The molecule has 0 bridgehead atoms. The number of hydrogen-bond donors (Lipinski definition) is 0. The molecule has 0 amide bonds. The van der Waals surface area contributed by atoms with Gasteiger partial charge in [0.05, 0.1) is 22.1 Å². The zero-order valence-electron chi connectivity index (χ0n) is 26.8.